The van der Waals surface area contributed by atoms with Crippen LogP contribution >= 0.6 is 39.7 Å². The van der Waals surface area contributed by atoms with E-state index in [0.717, 1.165) is 23.0 Å². The Morgan fingerprint density at radius 2 is 2.28 bits per heavy atom. The molecule has 1 aliphatic rings. The molecule has 3 nitrogen and oxygen atoms in total. The molecule has 1 fully saturated rings. The number of thiophene rings is 1. The maximum atomic E-state index is 12.2. The summed E-state index contributed by atoms with van der Waals surface area (Å²) < 4.78 is 1.11. The van der Waals surface area contributed by atoms with Crippen LogP contribution in [0, 0.1) is 5.92 Å². The van der Waals surface area contributed by atoms with Gasteiger partial charge in [-0.25, -0.2) is 0 Å². The van der Waals surface area contributed by atoms with Crippen molar-refractivity contribution in [2.45, 2.75) is 31.8 Å². The van der Waals surface area contributed by atoms with E-state index in [1.54, 1.807) is 11.3 Å². The fourth-order valence-corrected chi connectivity index (χ4v) is 3.84. The lowest BCUT2D eigenvalue weighted by Gasteiger charge is -2.20. The molecule has 0 saturated heterocycles. The van der Waals surface area contributed by atoms with Gasteiger partial charge in [-0.3, -0.25) is 4.79 Å². The number of nitrogens with zero attached hydrogens (tertiary/aromatic N) is 1. The lowest BCUT2D eigenvalue weighted by atomic mass is 10.1. The molecule has 1 amide bonds. The van der Waals surface area contributed by atoms with Crippen molar-refractivity contribution in [3.05, 3.63) is 20.8 Å². The fourth-order valence-electron chi connectivity index (χ4n) is 2.30. The lowest BCUT2D eigenvalue weighted by Crippen LogP contribution is -2.31. The molecule has 1 aromatic heterocycles. The summed E-state index contributed by atoms with van der Waals surface area (Å²) in [6.45, 7) is 0.695. The van der Waals surface area contributed by atoms with Crippen molar-refractivity contribution < 1.29 is 4.79 Å². The van der Waals surface area contributed by atoms with Gasteiger partial charge in [-0.2, -0.15) is 0 Å². The van der Waals surface area contributed by atoms with Gasteiger partial charge in [0.15, 0.2) is 0 Å². The molecule has 0 aliphatic heterocycles. The quantitative estimate of drug-likeness (QED) is 0.908. The predicted octanol–water partition coefficient (Wildman–Crippen LogP) is 3.02. The average Bonchev–Trinajstić information content (AvgIpc) is 2.87. The van der Waals surface area contributed by atoms with E-state index in [2.05, 4.69) is 22.0 Å². The van der Waals surface area contributed by atoms with Gasteiger partial charge >= 0.3 is 0 Å². The monoisotopic (exact) mass is 352 g/mol. The summed E-state index contributed by atoms with van der Waals surface area (Å²) in [5.74, 6) is 0.376. The van der Waals surface area contributed by atoms with E-state index in [-0.39, 0.29) is 30.3 Å². The Bertz CT molecular complexity index is 413. The van der Waals surface area contributed by atoms with Crippen molar-refractivity contribution in [2.24, 2.45) is 11.7 Å². The molecule has 6 heteroatoms. The van der Waals surface area contributed by atoms with Crippen molar-refractivity contribution in [3.8, 4) is 0 Å². The minimum Gasteiger partial charge on any atom is -0.340 e. The highest BCUT2D eigenvalue weighted by atomic mass is 79.9. The molecular formula is C12H18BrClN2OS. The highest BCUT2D eigenvalue weighted by molar-refractivity contribution is 9.11. The van der Waals surface area contributed by atoms with Crippen molar-refractivity contribution in [1.29, 1.82) is 0 Å². The van der Waals surface area contributed by atoms with Crippen molar-refractivity contribution in [2.75, 3.05) is 7.05 Å². The summed E-state index contributed by atoms with van der Waals surface area (Å²) in [5.41, 5.74) is 5.84. The summed E-state index contributed by atoms with van der Waals surface area (Å²) in [5, 5.41) is 0. The van der Waals surface area contributed by atoms with Gasteiger partial charge in [0.1, 0.15) is 0 Å². The van der Waals surface area contributed by atoms with E-state index in [4.69, 9.17) is 5.73 Å². The van der Waals surface area contributed by atoms with E-state index in [1.165, 1.54) is 4.88 Å². The van der Waals surface area contributed by atoms with Gasteiger partial charge in [-0.05, 0) is 47.3 Å². The molecule has 2 unspecified atom stereocenters. The van der Waals surface area contributed by atoms with Crippen molar-refractivity contribution in [1.82, 2.24) is 4.90 Å². The van der Waals surface area contributed by atoms with Crippen LogP contribution in [0.25, 0.3) is 0 Å². The number of rotatable bonds is 3. The third-order valence-corrected chi connectivity index (χ3v) is 4.83. The first-order valence-electron chi connectivity index (χ1n) is 5.81. The van der Waals surface area contributed by atoms with E-state index in [9.17, 15) is 4.79 Å². The molecule has 2 rings (SSSR count). The summed E-state index contributed by atoms with van der Waals surface area (Å²) in [6, 6.07) is 4.29. The Labute approximate surface area is 126 Å². The summed E-state index contributed by atoms with van der Waals surface area (Å²) in [7, 11) is 1.87. The van der Waals surface area contributed by atoms with Crippen LogP contribution in [-0.2, 0) is 11.3 Å². The van der Waals surface area contributed by atoms with Crippen molar-refractivity contribution >= 4 is 45.6 Å². The topological polar surface area (TPSA) is 46.3 Å². The maximum absolute atomic E-state index is 12.2. The highest BCUT2D eigenvalue weighted by Gasteiger charge is 2.29. The van der Waals surface area contributed by atoms with Gasteiger partial charge in [0.05, 0.1) is 10.3 Å². The molecule has 1 saturated carbocycles. The van der Waals surface area contributed by atoms with Crippen LogP contribution in [0.15, 0.2) is 15.9 Å². The molecule has 0 radical (unpaired) electrons. The molecule has 1 aliphatic carbocycles. The summed E-state index contributed by atoms with van der Waals surface area (Å²) in [4.78, 5) is 15.2. The van der Waals surface area contributed by atoms with Gasteiger partial charge in [0.25, 0.3) is 0 Å². The zero-order chi connectivity index (χ0) is 12.4. The second-order valence-corrected chi connectivity index (χ2v) is 7.22. The number of nitrogens with two attached hydrogens (primary N) is 1. The Balaban J connectivity index is 0.00000162. The van der Waals surface area contributed by atoms with Crippen LogP contribution in [0.3, 0.4) is 0 Å². The Morgan fingerprint density at radius 3 is 2.78 bits per heavy atom. The van der Waals surface area contributed by atoms with Gasteiger partial charge < -0.3 is 10.6 Å². The molecule has 1 aromatic rings. The number of amides is 1. The Hall–Kier alpha value is -0.100. The second-order valence-electron chi connectivity index (χ2n) is 4.67. The molecule has 2 atom stereocenters. The molecule has 0 bridgehead atoms. The van der Waals surface area contributed by atoms with Crippen LogP contribution in [0.2, 0.25) is 0 Å². The molecule has 0 spiro atoms. The minimum absolute atomic E-state index is 0. The smallest absolute Gasteiger partial charge is 0.225 e. The Morgan fingerprint density at radius 1 is 1.56 bits per heavy atom. The lowest BCUT2D eigenvalue weighted by molar-refractivity contribution is -0.134. The minimum atomic E-state index is 0. The predicted molar refractivity (Wildman–Crippen MR) is 81.1 cm³/mol. The van der Waals surface area contributed by atoms with Crippen molar-refractivity contribution in [3.63, 3.8) is 0 Å². The summed E-state index contributed by atoms with van der Waals surface area (Å²) >= 11 is 5.11. The number of hydrogen-bond donors (Lipinski definition) is 1. The summed E-state index contributed by atoms with van der Waals surface area (Å²) in [6.07, 6.45) is 2.77. The van der Waals surface area contributed by atoms with E-state index >= 15 is 0 Å². The van der Waals surface area contributed by atoms with Crippen LogP contribution in [0.5, 0.6) is 0 Å². The van der Waals surface area contributed by atoms with E-state index in [0.29, 0.717) is 6.54 Å². The normalized spacial score (nSPS) is 22.6. The SMILES string of the molecule is CN(Cc1ccc(Br)s1)C(=O)C1CCC(N)C1.Cl. The fraction of sp³-hybridized carbons (Fsp3) is 0.583. The zero-order valence-electron chi connectivity index (χ0n) is 10.3. The Kier molecular flexibility index (Phi) is 6.11. The van der Waals surface area contributed by atoms with Crippen LogP contribution in [-0.4, -0.2) is 23.9 Å². The zero-order valence-corrected chi connectivity index (χ0v) is 13.5. The molecule has 2 N–H and O–H groups in total. The first-order valence-corrected chi connectivity index (χ1v) is 7.42. The molecule has 18 heavy (non-hydrogen) atoms. The van der Waals surface area contributed by atoms with Gasteiger partial charge in [0, 0.05) is 23.9 Å². The van der Waals surface area contributed by atoms with Gasteiger partial charge in [-0.15, -0.1) is 23.7 Å². The van der Waals surface area contributed by atoms with E-state index in [1.807, 2.05) is 18.0 Å². The number of hydrogen-bond acceptors (Lipinski definition) is 3. The highest BCUT2D eigenvalue weighted by Crippen LogP contribution is 2.27. The van der Waals surface area contributed by atoms with Gasteiger partial charge in [0.2, 0.25) is 5.91 Å². The number of carbonyl (C=O) groups excluding carboxylic acids is 1. The van der Waals surface area contributed by atoms with Crippen LogP contribution < -0.4 is 5.73 Å². The molecular weight excluding hydrogens is 336 g/mol. The first kappa shape index (κ1) is 16.0. The van der Waals surface area contributed by atoms with E-state index < -0.39 is 0 Å². The molecule has 0 aromatic carbocycles. The average molecular weight is 354 g/mol. The van der Waals surface area contributed by atoms with Gasteiger partial charge in [-0.1, -0.05) is 0 Å². The van der Waals surface area contributed by atoms with Crippen LogP contribution in [0.4, 0.5) is 0 Å². The number of carbonyl (C=O) groups is 1. The second kappa shape index (κ2) is 6.89. The number of halogens is 2. The molecule has 1 heterocycles. The largest absolute Gasteiger partial charge is 0.340 e. The standard InChI is InChI=1S/C12H17BrN2OS.ClH/c1-15(7-10-4-5-11(13)17-10)12(16)8-2-3-9(14)6-8;/h4-5,8-9H,2-3,6-7,14H2,1H3;1H. The third-order valence-electron chi connectivity index (χ3n) is 3.22. The third kappa shape index (κ3) is 3.95. The maximum Gasteiger partial charge on any atom is 0.225 e. The first-order chi connectivity index (χ1) is 8.06. The van der Waals surface area contributed by atoms with Crippen LogP contribution in [0.1, 0.15) is 24.1 Å². The molecule has 102 valence electrons.